The smallest absolute Gasteiger partial charge is 0.326 e. The zero-order valence-corrected chi connectivity index (χ0v) is 32.7. The largest absolute Gasteiger partial charge is 0.508 e. The number of anilines is 1. The van der Waals surface area contributed by atoms with Crippen LogP contribution in [0.2, 0.25) is 0 Å². The van der Waals surface area contributed by atoms with Crippen LogP contribution in [-0.4, -0.2) is 99.2 Å². The van der Waals surface area contributed by atoms with Gasteiger partial charge in [-0.25, -0.2) is 4.79 Å². The third-order valence-corrected chi connectivity index (χ3v) is 9.70. The van der Waals surface area contributed by atoms with E-state index in [-0.39, 0.29) is 42.8 Å². The number of carboxylic acid groups (broad SMARTS) is 1. The number of nitro benzene ring substituents is 1. The average molecular weight is 826 g/mol. The van der Waals surface area contributed by atoms with Crippen LogP contribution in [0.1, 0.15) is 81.1 Å². The standard InChI is InChI=1S/C38H51N9O12/c1-3-20(2)32-37(55)42-26(14-15-30(39)49)34(52)45-29(19-31(40)50)35(53)43-27(38(56)57)7-5-4-6-16-41-25-13-10-22(47(58)59)18-24(25)33(51)44-28(36(54)46-32)17-21-8-11-23(48)12-9-21/h8-13,18,20,26-29,32,41,48H,3-7,14-17,19H2,1-2H3,(H2,39,49)(H2,40,50)(H,42,55)(H,43,53)(H,44,51)(H,45,52)(H,46,54)(H,56,57)/t20-,26-,27?,28-,29-,32-/m0/s1. The molecule has 0 radical (unpaired) electrons. The van der Waals surface area contributed by atoms with Gasteiger partial charge in [0.15, 0.2) is 0 Å². The number of nitrogens with one attached hydrogen (secondary N) is 6. The van der Waals surface area contributed by atoms with Crippen LogP contribution >= 0.6 is 0 Å². The molecule has 320 valence electrons. The van der Waals surface area contributed by atoms with E-state index in [4.69, 9.17) is 11.5 Å². The maximum absolute atomic E-state index is 14.1. The molecule has 0 aromatic heterocycles. The number of rotatable bonds is 11. The number of fused-ring (bicyclic) bond motifs is 1. The second-order valence-electron chi connectivity index (χ2n) is 14.2. The topological polar surface area (TPSA) is 344 Å². The summed E-state index contributed by atoms with van der Waals surface area (Å²) in [5.41, 5.74) is 10.7. The number of hydrogen-bond donors (Lipinski definition) is 10. The minimum absolute atomic E-state index is 0.0682. The van der Waals surface area contributed by atoms with Gasteiger partial charge in [0.1, 0.15) is 36.0 Å². The number of hydrogen-bond acceptors (Lipinski definition) is 12. The molecule has 0 saturated heterocycles. The number of primary amides is 2. The first-order valence-corrected chi connectivity index (χ1v) is 19.0. The number of carbonyl (C=O) groups is 8. The van der Waals surface area contributed by atoms with Crippen molar-refractivity contribution in [2.45, 2.75) is 102 Å². The Bertz CT molecular complexity index is 1890. The molecule has 59 heavy (non-hydrogen) atoms. The van der Waals surface area contributed by atoms with Gasteiger partial charge >= 0.3 is 5.97 Å². The number of phenolic OH excluding ortho intramolecular Hbond substituents is 1. The molecule has 21 nitrogen and oxygen atoms in total. The van der Waals surface area contributed by atoms with Crippen LogP contribution in [-0.2, 0) is 40.0 Å². The van der Waals surface area contributed by atoms with E-state index in [0.717, 1.165) is 6.07 Å². The van der Waals surface area contributed by atoms with Crippen molar-refractivity contribution < 1.29 is 53.5 Å². The summed E-state index contributed by atoms with van der Waals surface area (Å²) in [7, 11) is 0. The first kappa shape index (κ1) is 46.6. The highest BCUT2D eigenvalue weighted by atomic mass is 16.6. The first-order valence-electron chi connectivity index (χ1n) is 19.0. The van der Waals surface area contributed by atoms with E-state index >= 15 is 0 Å². The highest BCUT2D eigenvalue weighted by Crippen LogP contribution is 2.23. The molecule has 1 aliphatic rings. The summed E-state index contributed by atoms with van der Waals surface area (Å²) in [5.74, 6) is -8.75. The molecule has 1 unspecified atom stereocenters. The number of carbonyl (C=O) groups excluding carboxylic acids is 7. The van der Waals surface area contributed by atoms with Gasteiger partial charge in [0.05, 0.1) is 16.9 Å². The van der Waals surface area contributed by atoms with Crippen LogP contribution in [0.4, 0.5) is 11.4 Å². The Hall–Kier alpha value is -6.80. The molecule has 1 heterocycles. The van der Waals surface area contributed by atoms with Gasteiger partial charge in [0, 0.05) is 37.2 Å². The second kappa shape index (κ2) is 22.2. The maximum Gasteiger partial charge on any atom is 0.326 e. The van der Waals surface area contributed by atoms with E-state index in [2.05, 4.69) is 31.9 Å². The molecule has 0 fully saturated rings. The van der Waals surface area contributed by atoms with Gasteiger partial charge in [-0.15, -0.1) is 0 Å². The lowest BCUT2D eigenvalue weighted by Gasteiger charge is -2.29. The van der Waals surface area contributed by atoms with Crippen molar-refractivity contribution >= 4 is 58.7 Å². The predicted molar refractivity (Wildman–Crippen MR) is 210 cm³/mol. The van der Waals surface area contributed by atoms with E-state index in [1.54, 1.807) is 13.8 Å². The number of amides is 7. The molecule has 7 amide bonds. The Labute approximate surface area is 338 Å². The number of aliphatic carboxylic acids is 1. The maximum atomic E-state index is 14.1. The van der Waals surface area contributed by atoms with Crippen molar-refractivity contribution in [2.24, 2.45) is 17.4 Å². The summed E-state index contributed by atoms with van der Waals surface area (Å²) in [6.45, 7) is 3.56. The highest BCUT2D eigenvalue weighted by Gasteiger charge is 2.35. The van der Waals surface area contributed by atoms with E-state index in [9.17, 15) is 58.7 Å². The summed E-state index contributed by atoms with van der Waals surface area (Å²) in [6, 6.07) is 1.77. The SMILES string of the molecule is CC[C@H](C)[C@@H]1NC(=O)[C@H](Cc2ccc(O)cc2)NC(=O)c2cc([N+](=O)[O-])ccc2NCCCCCC(C(=O)O)NC(=O)[C@H](CC(N)=O)NC(=O)[C@H](CCC(N)=O)NC1=O. The van der Waals surface area contributed by atoms with Crippen LogP contribution in [0.25, 0.3) is 0 Å². The number of nitro groups is 1. The van der Waals surface area contributed by atoms with Crippen LogP contribution in [0.3, 0.4) is 0 Å². The normalized spacial score (nSPS) is 22.1. The molecule has 0 bridgehead atoms. The second-order valence-corrected chi connectivity index (χ2v) is 14.2. The third kappa shape index (κ3) is 14.6. The van der Waals surface area contributed by atoms with Crippen molar-refractivity contribution in [2.75, 3.05) is 11.9 Å². The molecule has 2 aromatic carbocycles. The molecule has 6 atom stereocenters. The lowest BCUT2D eigenvalue weighted by atomic mass is 9.96. The molecule has 2 aromatic rings. The number of phenols is 1. The molecule has 12 N–H and O–H groups in total. The van der Waals surface area contributed by atoms with Crippen LogP contribution in [0.5, 0.6) is 5.75 Å². The average Bonchev–Trinajstić information content (AvgIpc) is 3.18. The zero-order valence-electron chi connectivity index (χ0n) is 32.7. The molecule has 3 rings (SSSR count). The number of carboxylic acids is 1. The minimum Gasteiger partial charge on any atom is -0.508 e. The van der Waals surface area contributed by atoms with Crippen LogP contribution < -0.4 is 43.4 Å². The summed E-state index contributed by atoms with van der Waals surface area (Å²) in [4.78, 5) is 116. The van der Waals surface area contributed by atoms with E-state index in [1.165, 1.54) is 36.4 Å². The number of nitrogens with zero attached hydrogens (tertiary/aromatic N) is 1. The predicted octanol–water partition coefficient (Wildman–Crippen LogP) is -0.162. The number of benzene rings is 2. The minimum atomic E-state index is -1.69. The first-order chi connectivity index (χ1) is 27.9. The fourth-order valence-electron chi connectivity index (χ4n) is 6.16. The van der Waals surface area contributed by atoms with Gasteiger partial charge in [-0.2, -0.15) is 0 Å². The summed E-state index contributed by atoms with van der Waals surface area (Å²) < 4.78 is 0. The van der Waals surface area contributed by atoms with E-state index in [1.807, 2.05) is 0 Å². The van der Waals surface area contributed by atoms with Crippen molar-refractivity contribution in [3.8, 4) is 5.75 Å². The Balaban J connectivity index is 2.12. The lowest BCUT2D eigenvalue weighted by Crippen LogP contribution is -2.60. The Morgan fingerprint density at radius 3 is 2.08 bits per heavy atom. The highest BCUT2D eigenvalue weighted by molar-refractivity contribution is 6.03. The van der Waals surface area contributed by atoms with E-state index in [0.29, 0.717) is 24.8 Å². The van der Waals surface area contributed by atoms with Gasteiger partial charge in [0.2, 0.25) is 35.4 Å². The number of aromatic hydroxyl groups is 1. The summed E-state index contributed by atoms with van der Waals surface area (Å²) >= 11 is 0. The number of non-ortho nitro benzene ring substituents is 1. The van der Waals surface area contributed by atoms with Gasteiger partial charge < -0.3 is 53.6 Å². The van der Waals surface area contributed by atoms with E-state index < -0.39 is 113 Å². The van der Waals surface area contributed by atoms with Crippen molar-refractivity contribution in [1.29, 1.82) is 0 Å². The van der Waals surface area contributed by atoms with Gasteiger partial charge in [-0.3, -0.25) is 43.7 Å². The fraction of sp³-hybridized carbons (Fsp3) is 0.474. The van der Waals surface area contributed by atoms with Crippen molar-refractivity contribution in [1.82, 2.24) is 26.6 Å². The molecular formula is C38H51N9O12. The van der Waals surface area contributed by atoms with Crippen LogP contribution in [0.15, 0.2) is 42.5 Å². The van der Waals surface area contributed by atoms with Crippen LogP contribution in [0, 0.1) is 16.0 Å². The van der Waals surface area contributed by atoms with Gasteiger partial charge in [0.25, 0.3) is 11.6 Å². The fourth-order valence-corrected chi connectivity index (χ4v) is 6.16. The Morgan fingerprint density at radius 1 is 0.831 bits per heavy atom. The Kier molecular flexibility index (Phi) is 17.5. The molecule has 0 spiro atoms. The third-order valence-electron chi connectivity index (χ3n) is 9.70. The molecule has 0 aliphatic carbocycles. The molecule has 1 aliphatic heterocycles. The summed E-state index contributed by atoms with van der Waals surface area (Å²) in [6.07, 6.45) is -0.416. The number of nitrogens with two attached hydrogens (primary N) is 2. The lowest BCUT2D eigenvalue weighted by molar-refractivity contribution is -0.384. The molecule has 0 saturated carbocycles. The monoisotopic (exact) mass is 825 g/mol. The summed E-state index contributed by atoms with van der Waals surface area (Å²) in [5, 5.41) is 46.8. The van der Waals surface area contributed by atoms with Crippen molar-refractivity contribution in [3.63, 3.8) is 0 Å². The van der Waals surface area contributed by atoms with Gasteiger partial charge in [-0.05, 0) is 48.9 Å². The Morgan fingerprint density at radius 2 is 1.47 bits per heavy atom. The zero-order chi connectivity index (χ0) is 43.8. The molecular weight excluding hydrogens is 774 g/mol. The van der Waals surface area contributed by atoms with Gasteiger partial charge in [-0.1, -0.05) is 45.2 Å². The quantitative estimate of drug-likeness (QED) is 0.104. The van der Waals surface area contributed by atoms with Crippen molar-refractivity contribution in [3.05, 3.63) is 63.7 Å². The molecule has 21 heteroatoms.